The van der Waals surface area contributed by atoms with E-state index in [1.165, 1.54) is 5.56 Å². The Hall–Kier alpha value is -2.17. The molecule has 25 heavy (non-hydrogen) atoms. The molecule has 2 atom stereocenters. The molecule has 4 nitrogen and oxygen atoms in total. The number of nitrogens with one attached hydrogen (secondary N) is 2. The third-order valence-electron chi connectivity index (χ3n) is 4.92. The summed E-state index contributed by atoms with van der Waals surface area (Å²) in [6.45, 7) is 6.29. The smallest absolute Gasteiger partial charge is 0.251 e. The molecule has 1 aliphatic heterocycles. The summed E-state index contributed by atoms with van der Waals surface area (Å²) < 4.78 is 0. The summed E-state index contributed by atoms with van der Waals surface area (Å²) in [7, 11) is 1.66. The largest absolute Gasteiger partial charge is 0.355 e. The van der Waals surface area contributed by atoms with Gasteiger partial charge in [0.2, 0.25) is 0 Å². The number of amides is 1. The van der Waals surface area contributed by atoms with Crippen molar-refractivity contribution in [2.45, 2.75) is 26.1 Å². The second-order valence-electron chi connectivity index (χ2n) is 6.92. The zero-order chi connectivity index (χ0) is 17.6. The molecule has 0 aromatic heterocycles. The Bertz CT molecular complexity index is 701. The highest BCUT2D eigenvalue weighted by atomic mass is 16.1. The van der Waals surface area contributed by atoms with Crippen molar-refractivity contribution in [2.75, 3.05) is 20.1 Å². The molecule has 1 saturated heterocycles. The topological polar surface area (TPSA) is 44.4 Å². The third-order valence-corrected chi connectivity index (χ3v) is 4.92. The van der Waals surface area contributed by atoms with Gasteiger partial charge in [0, 0.05) is 44.8 Å². The van der Waals surface area contributed by atoms with Gasteiger partial charge in [-0.15, -0.1) is 0 Å². The summed E-state index contributed by atoms with van der Waals surface area (Å²) >= 11 is 0. The summed E-state index contributed by atoms with van der Waals surface area (Å²) in [6, 6.07) is 19.0. The fraction of sp³-hybridized carbons (Fsp3) is 0.381. The van der Waals surface area contributed by atoms with Crippen LogP contribution >= 0.6 is 0 Å². The van der Waals surface area contributed by atoms with Gasteiger partial charge in [-0.2, -0.15) is 0 Å². The monoisotopic (exact) mass is 337 g/mol. The Morgan fingerprint density at radius 3 is 2.60 bits per heavy atom. The van der Waals surface area contributed by atoms with E-state index < -0.39 is 0 Å². The lowest BCUT2D eigenvalue weighted by molar-refractivity contribution is 0.0963. The van der Waals surface area contributed by atoms with E-state index >= 15 is 0 Å². The first kappa shape index (κ1) is 17.6. The van der Waals surface area contributed by atoms with Gasteiger partial charge in [0.05, 0.1) is 0 Å². The molecule has 0 radical (unpaired) electrons. The first-order valence-corrected chi connectivity index (χ1v) is 8.96. The van der Waals surface area contributed by atoms with Crippen molar-refractivity contribution in [3.05, 3.63) is 71.3 Å². The molecule has 1 fully saturated rings. The minimum Gasteiger partial charge on any atom is -0.355 e. The summed E-state index contributed by atoms with van der Waals surface area (Å²) in [5.41, 5.74) is 3.23. The summed E-state index contributed by atoms with van der Waals surface area (Å²) in [6.07, 6.45) is 0. The lowest BCUT2D eigenvalue weighted by Gasteiger charge is -2.17. The van der Waals surface area contributed by atoms with E-state index in [1.807, 2.05) is 18.2 Å². The van der Waals surface area contributed by atoms with Gasteiger partial charge in [-0.1, -0.05) is 49.4 Å². The molecule has 1 heterocycles. The molecular formula is C21H27N3O. The van der Waals surface area contributed by atoms with Gasteiger partial charge >= 0.3 is 0 Å². The third kappa shape index (κ3) is 4.68. The van der Waals surface area contributed by atoms with E-state index in [0.717, 1.165) is 31.7 Å². The van der Waals surface area contributed by atoms with E-state index in [4.69, 9.17) is 0 Å². The van der Waals surface area contributed by atoms with Crippen LogP contribution in [0.2, 0.25) is 0 Å². The van der Waals surface area contributed by atoms with Crippen LogP contribution in [0.5, 0.6) is 0 Å². The van der Waals surface area contributed by atoms with Crippen LogP contribution in [0, 0.1) is 5.92 Å². The van der Waals surface area contributed by atoms with Gasteiger partial charge in [-0.05, 0) is 29.2 Å². The van der Waals surface area contributed by atoms with E-state index in [2.05, 4.69) is 58.9 Å². The zero-order valence-electron chi connectivity index (χ0n) is 15.0. The van der Waals surface area contributed by atoms with Crippen LogP contribution in [-0.4, -0.2) is 37.0 Å². The second kappa shape index (κ2) is 8.28. The zero-order valence-corrected chi connectivity index (χ0v) is 15.0. The minimum atomic E-state index is -0.0369. The molecule has 2 aromatic rings. The van der Waals surface area contributed by atoms with Crippen molar-refractivity contribution in [1.82, 2.24) is 15.5 Å². The minimum absolute atomic E-state index is 0.0369. The Kier molecular flexibility index (Phi) is 5.84. The highest BCUT2D eigenvalue weighted by Crippen LogP contribution is 2.19. The number of hydrogen-bond donors (Lipinski definition) is 2. The van der Waals surface area contributed by atoms with Crippen LogP contribution in [0.1, 0.15) is 28.4 Å². The molecule has 2 aromatic carbocycles. The van der Waals surface area contributed by atoms with Crippen LogP contribution in [0.4, 0.5) is 0 Å². The average Bonchev–Trinajstić information content (AvgIpc) is 2.99. The van der Waals surface area contributed by atoms with Crippen LogP contribution in [0.3, 0.4) is 0 Å². The van der Waals surface area contributed by atoms with Crippen molar-refractivity contribution in [2.24, 2.45) is 5.92 Å². The maximum atomic E-state index is 11.8. The fourth-order valence-electron chi connectivity index (χ4n) is 3.52. The van der Waals surface area contributed by atoms with Crippen LogP contribution in [0.25, 0.3) is 0 Å². The Balaban J connectivity index is 1.54. The number of carbonyl (C=O) groups is 1. The molecular weight excluding hydrogens is 310 g/mol. The molecule has 0 spiro atoms. The fourth-order valence-corrected chi connectivity index (χ4v) is 3.52. The number of hydrogen-bond acceptors (Lipinski definition) is 3. The lowest BCUT2D eigenvalue weighted by atomic mass is 10.1. The van der Waals surface area contributed by atoms with Crippen LogP contribution in [-0.2, 0) is 13.1 Å². The van der Waals surface area contributed by atoms with Crippen molar-refractivity contribution in [1.29, 1.82) is 0 Å². The maximum Gasteiger partial charge on any atom is 0.251 e. The molecule has 3 rings (SSSR count). The Morgan fingerprint density at radius 2 is 1.84 bits per heavy atom. The van der Waals surface area contributed by atoms with Gasteiger partial charge in [0.1, 0.15) is 0 Å². The predicted octanol–water partition coefficient (Wildman–Crippen LogP) is 2.66. The van der Waals surface area contributed by atoms with Crippen molar-refractivity contribution in [3.8, 4) is 0 Å². The number of carbonyl (C=O) groups excluding carboxylic acids is 1. The van der Waals surface area contributed by atoms with Crippen molar-refractivity contribution >= 4 is 5.91 Å². The first-order valence-electron chi connectivity index (χ1n) is 8.96. The number of benzene rings is 2. The standard InChI is InChI=1S/C21H27N3O/c1-16-13-24(14-17-7-4-3-5-8-17)15-20(16)23-12-18-9-6-10-19(11-18)21(25)22-2/h3-11,16,20,23H,12-15H2,1-2H3,(H,22,25). The maximum absolute atomic E-state index is 11.8. The number of likely N-dealkylation sites (tertiary alicyclic amines) is 1. The Labute approximate surface area is 150 Å². The Morgan fingerprint density at radius 1 is 1.08 bits per heavy atom. The summed E-state index contributed by atoms with van der Waals surface area (Å²) in [5, 5.41) is 6.35. The van der Waals surface area contributed by atoms with Crippen LogP contribution < -0.4 is 10.6 Å². The van der Waals surface area contributed by atoms with E-state index in [9.17, 15) is 4.79 Å². The van der Waals surface area contributed by atoms with Gasteiger partial charge < -0.3 is 10.6 Å². The van der Waals surface area contributed by atoms with E-state index in [0.29, 0.717) is 17.5 Å². The molecule has 1 aliphatic rings. The van der Waals surface area contributed by atoms with Gasteiger partial charge in [-0.25, -0.2) is 0 Å². The molecule has 0 saturated carbocycles. The molecule has 1 amide bonds. The number of nitrogens with zero attached hydrogens (tertiary/aromatic N) is 1. The first-order chi connectivity index (χ1) is 12.2. The normalized spacial score (nSPS) is 20.6. The molecule has 132 valence electrons. The quantitative estimate of drug-likeness (QED) is 0.852. The van der Waals surface area contributed by atoms with Gasteiger partial charge in [0.15, 0.2) is 0 Å². The average molecular weight is 337 g/mol. The summed E-state index contributed by atoms with van der Waals surface area (Å²) in [5.74, 6) is 0.580. The summed E-state index contributed by atoms with van der Waals surface area (Å²) in [4.78, 5) is 14.3. The molecule has 0 aliphatic carbocycles. The second-order valence-corrected chi connectivity index (χ2v) is 6.92. The molecule has 0 bridgehead atoms. The van der Waals surface area contributed by atoms with E-state index in [-0.39, 0.29) is 5.91 Å². The number of rotatable bonds is 6. The van der Waals surface area contributed by atoms with Gasteiger partial charge in [0.25, 0.3) is 5.91 Å². The lowest BCUT2D eigenvalue weighted by Crippen LogP contribution is -2.35. The highest BCUT2D eigenvalue weighted by Gasteiger charge is 2.28. The molecule has 4 heteroatoms. The van der Waals surface area contributed by atoms with E-state index in [1.54, 1.807) is 7.05 Å². The highest BCUT2D eigenvalue weighted by molar-refractivity contribution is 5.94. The molecule has 2 unspecified atom stereocenters. The predicted molar refractivity (Wildman–Crippen MR) is 101 cm³/mol. The van der Waals surface area contributed by atoms with Crippen LogP contribution in [0.15, 0.2) is 54.6 Å². The van der Waals surface area contributed by atoms with Crippen molar-refractivity contribution in [3.63, 3.8) is 0 Å². The SMILES string of the molecule is CNC(=O)c1cccc(CNC2CN(Cc3ccccc3)CC2C)c1. The molecule has 2 N–H and O–H groups in total. The van der Waals surface area contributed by atoms with Gasteiger partial charge in [-0.3, -0.25) is 9.69 Å². The van der Waals surface area contributed by atoms with Crippen molar-refractivity contribution < 1.29 is 4.79 Å².